The molecule has 2 nitrogen and oxygen atoms in total. The number of hydrogen-bond acceptors (Lipinski definition) is 2. The molecule has 6 heteroatoms. The van der Waals surface area contributed by atoms with Gasteiger partial charge in [0.2, 0.25) is 0 Å². The first-order valence-electron chi connectivity index (χ1n) is 4.42. The Balaban J connectivity index is 3.26. The maximum atomic E-state index is 12.5. The van der Waals surface area contributed by atoms with Gasteiger partial charge in [0, 0.05) is 0 Å². The SMILES string of the molecule is CCc1ccc(B(O)O)cc1C(F)(F)F. The first-order chi connectivity index (χ1) is 6.86. The molecule has 0 heterocycles. The maximum absolute atomic E-state index is 12.5. The second-order valence-corrected chi connectivity index (χ2v) is 3.14. The van der Waals surface area contributed by atoms with Crippen LogP contribution >= 0.6 is 0 Å². The summed E-state index contributed by atoms with van der Waals surface area (Å²) in [5.74, 6) is 0. The molecule has 0 bridgehead atoms. The summed E-state index contributed by atoms with van der Waals surface area (Å²) >= 11 is 0. The van der Waals surface area contributed by atoms with Crippen LogP contribution in [0.1, 0.15) is 18.1 Å². The average Bonchev–Trinajstić information content (AvgIpc) is 2.15. The third kappa shape index (κ3) is 2.73. The van der Waals surface area contributed by atoms with E-state index in [2.05, 4.69) is 0 Å². The average molecular weight is 218 g/mol. The molecular formula is C9H10BF3O2. The summed E-state index contributed by atoms with van der Waals surface area (Å²) in [6.45, 7) is 1.61. The fraction of sp³-hybridized carbons (Fsp3) is 0.333. The number of alkyl halides is 3. The summed E-state index contributed by atoms with van der Waals surface area (Å²) in [7, 11) is -1.88. The van der Waals surface area contributed by atoms with Crippen LogP contribution in [0.3, 0.4) is 0 Å². The highest BCUT2D eigenvalue weighted by atomic mass is 19.4. The molecule has 0 aromatic heterocycles. The Morgan fingerprint density at radius 1 is 1.27 bits per heavy atom. The van der Waals surface area contributed by atoms with Crippen molar-refractivity contribution in [2.24, 2.45) is 0 Å². The third-order valence-corrected chi connectivity index (χ3v) is 2.12. The van der Waals surface area contributed by atoms with Crippen LogP contribution in [0.2, 0.25) is 0 Å². The molecule has 2 N–H and O–H groups in total. The van der Waals surface area contributed by atoms with Gasteiger partial charge in [-0.05, 0) is 23.5 Å². The van der Waals surface area contributed by atoms with Gasteiger partial charge in [-0.25, -0.2) is 0 Å². The van der Waals surface area contributed by atoms with Gasteiger partial charge in [-0.1, -0.05) is 19.1 Å². The monoisotopic (exact) mass is 218 g/mol. The standard InChI is InChI=1S/C9H10BF3O2/c1-2-6-3-4-7(10(14)15)5-8(6)9(11,12)13/h3-5,14-15H,2H2,1H3. The van der Waals surface area contributed by atoms with E-state index in [9.17, 15) is 13.2 Å². The minimum atomic E-state index is -4.46. The molecule has 0 radical (unpaired) electrons. The van der Waals surface area contributed by atoms with Crippen LogP contribution in [0, 0.1) is 0 Å². The number of benzene rings is 1. The fourth-order valence-electron chi connectivity index (χ4n) is 1.33. The van der Waals surface area contributed by atoms with E-state index in [0.29, 0.717) is 0 Å². The van der Waals surface area contributed by atoms with Crippen molar-refractivity contribution in [3.63, 3.8) is 0 Å². The lowest BCUT2D eigenvalue weighted by molar-refractivity contribution is -0.138. The van der Waals surface area contributed by atoms with Gasteiger partial charge in [0.25, 0.3) is 0 Å². The first kappa shape index (κ1) is 12.1. The van der Waals surface area contributed by atoms with Crippen molar-refractivity contribution in [2.45, 2.75) is 19.5 Å². The molecule has 1 rings (SSSR count). The van der Waals surface area contributed by atoms with Crippen LogP contribution in [0.5, 0.6) is 0 Å². The van der Waals surface area contributed by atoms with E-state index in [1.165, 1.54) is 12.1 Å². The first-order valence-corrected chi connectivity index (χ1v) is 4.42. The molecule has 0 fully saturated rings. The van der Waals surface area contributed by atoms with E-state index < -0.39 is 18.9 Å². The zero-order chi connectivity index (χ0) is 11.6. The predicted octanol–water partition coefficient (Wildman–Crippen LogP) is 0.948. The van der Waals surface area contributed by atoms with Crippen molar-refractivity contribution in [3.8, 4) is 0 Å². The zero-order valence-corrected chi connectivity index (χ0v) is 8.04. The van der Waals surface area contributed by atoms with Gasteiger partial charge in [-0.2, -0.15) is 13.2 Å². The van der Waals surface area contributed by atoms with Crippen LogP contribution in [0.4, 0.5) is 13.2 Å². The lowest BCUT2D eigenvalue weighted by Gasteiger charge is -2.13. The minimum Gasteiger partial charge on any atom is -0.423 e. The van der Waals surface area contributed by atoms with Crippen molar-refractivity contribution in [1.82, 2.24) is 0 Å². The van der Waals surface area contributed by atoms with Gasteiger partial charge in [-0.15, -0.1) is 0 Å². The molecular weight excluding hydrogens is 208 g/mol. The summed E-state index contributed by atoms with van der Waals surface area (Å²) in [6.07, 6.45) is -4.22. The Kier molecular flexibility index (Phi) is 3.41. The molecule has 0 atom stereocenters. The van der Waals surface area contributed by atoms with Gasteiger partial charge >= 0.3 is 13.3 Å². The van der Waals surface area contributed by atoms with Crippen LogP contribution in [-0.2, 0) is 12.6 Å². The molecule has 15 heavy (non-hydrogen) atoms. The Morgan fingerprint density at radius 3 is 2.27 bits per heavy atom. The number of hydrogen-bond donors (Lipinski definition) is 2. The summed E-state index contributed by atoms with van der Waals surface area (Å²) in [5, 5.41) is 17.5. The quantitative estimate of drug-likeness (QED) is 0.725. The Labute approximate surface area is 85.5 Å². The van der Waals surface area contributed by atoms with Gasteiger partial charge in [0.05, 0.1) is 5.56 Å². The Morgan fingerprint density at radius 2 is 1.87 bits per heavy atom. The lowest BCUT2D eigenvalue weighted by atomic mass is 9.78. The molecule has 1 aromatic carbocycles. The molecule has 0 spiro atoms. The van der Waals surface area contributed by atoms with Crippen LogP contribution in [0.15, 0.2) is 18.2 Å². The largest absolute Gasteiger partial charge is 0.488 e. The topological polar surface area (TPSA) is 40.5 Å². The van der Waals surface area contributed by atoms with E-state index in [1.54, 1.807) is 6.92 Å². The third-order valence-electron chi connectivity index (χ3n) is 2.12. The highest BCUT2D eigenvalue weighted by molar-refractivity contribution is 6.58. The van der Waals surface area contributed by atoms with Crippen molar-refractivity contribution < 1.29 is 23.2 Å². The summed E-state index contributed by atoms with van der Waals surface area (Å²) < 4.78 is 37.5. The van der Waals surface area contributed by atoms with Gasteiger partial charge < -0.3 is 10.0 Å². The van der Waals surface area contributed by atoms with Crippen LogP contribution < -0.4 is 5.46 Å². The zero-order valence-electron chi connectivity index (χ0n) is 8.04. The fourth-order valence-corrected chi connectivity index (χ4v) is 1.33. The Hall–Kier alpha value is -1.01. The molecule has 0 saturated heterocycles. The van der Waals surface area contributed by atoms with E-state index in [0.717, 1.165) is 6.07 Å². The predicted molar refractivity (Wildman–Crippen MR) is 50.6 cm³/mol. The maximum Gasteiger partial charge on any atom is 0.488 e. The molecule has 1 aromatic rings. The van der Waals surface area contributed by atoms with Crippen molar-refractivity contribution >= 4 is 12.6 Å². The second-order valence-electron chi connectivity index (χ2n) is 3.14. The molecule has 0 aliphatic carbocycles. The molecule has 0 aliphatic heterocycles. The number of aryl methyl sites for hydroxylation is 1. The van der Waals surface area contributed by atoms with Gasteiger partial charge in [0.1, 0.15) is 0 Å². The number of halogens is 3. The molecule has 0 amide bonds. The summed E-state index contributed by atoms with van der Waals surface area (Å²) in [5.41, 5.74) is -0.818. The lowest BCUT2D eigenvalue weighted by Crippen LogP contribution is -2.31. The van der Waals surface area contributed by atoms with Crippen molar-refractivity contribution in [1.29, 1.82) is 0 Å². The molecule has 0 aliphatic rings. The second kappa shape index (κ2) is 4.24. The smallest absolute Gasteiger partial charge is 0.423 e. The minimum absolute atomic E-state index is 0.145. The van der Waals surface area contributed by atoms with Crippen LogP contribution in [-0.4, -0.2) is 17.2 Å². The number of rotatable bonds is 2. The highest BCUT2D eigenvalue weighted by Crippen LogP contribution is 2.31. The van der Waals surface area contributed by atoms with E-state index in [4.69, 9.17) is 10.0 Å². The normalized spacial score (nSPS) is 11.6. The molecule has 0 unspecified atom stereocenters. The van der Waals surface area contributed by atoms with Gasteiger partial charge in [-0.3, -0.25) is 0 Å². The summed E-state index contributed by atoms with van der Waals surface area (Å²) in [6, 6.07) is 3.31. The Bertz CT molecular complexity index is 350. The van der Waals surface area contributed by atoms with E-state index >= 15 is 0 Å². The van der Waals surface area contributed by atoms with Crippen molar-refractivity contribution in [2.75, 3.05) is 0 Å². The summed E-state index contributed by atoms with van der Waals surface area (Å²) in [4.78, 5) is 0. The van der Waals surface area contributed by atoms with Gasteiger partial charge in [0.15, 0.2) is 0 Å². The van der Waals surface area contributed by atoms with E-state index in [1.807, 2.05) is 0 Å². The van der Waals surface area contributed by atoms with Crippen LogP contribution in [0.25, 0.3) is 0 Å². The highest BCUT2D eigenvalue weighted by Gasteiger charge is 2.33. The molecule has 0 saturated carbocycles. The van der Waals surface area contributed by atoms with E-state index in [-0.39, 0.29) is 17.4 Å². The van der Waals surface area contributed by atoms with Crippen molar-refractivity contribution in [3.05, 3.63) is 29.3 Å². The molecule has 82 valence electrons.